The van der Waals surface area contributed by atoms with Crippen LogP contribution in [-0.2, 0) is 4.79 Å². The Morgan fingerprint density at radius 2 is 1.69 bits per heavy atom. The Labute approximate surface area is 75.4 Å². The van der Waals surface area contributed by atoms with E-state index in [4.69, 9.17) is 10.2 Å². The lowest BCUT2D eigenvalue weighted by Gasteiger charge is -2.26. The summed E-state index contributed by atoms with van der Waals surface area (Å²) in [7, 11) is 0. The summed E-state index contributed by atoms with van der Waals surface area (Å²) in [6.45, 7) is 4.68. The number of aliphatic hydroxyl groups excluding tert-OH is 1. The quantitative estimate of drug-likeness (QED) is 0.713. The van der Waals surface area contributed by atoms with Crippen LogP contribution in [0.2, 0.25) is 0 Å². The van der Waals surface area contributed by atoms with Gasteiger partial charge < -0.3 is 10.2 Å². The summed E-state index contributed by atoms with van der Waals surface area (Å²) in [6.07, 6.45) is -2.13. The van der Waals surface area contributed by atoms with Crippen molar-refractivity contribution in [2.24, 2.45) is 11.8 Å². The van der Waals surface area contributed by atoms with E-state index in [0.29, 0.717) is 0 Å². The average Bonchev–Trinajstić information content (AvgIpc) is 2.01. The van der Waals surface area contributed by atoms with Crippen LogP contribution in [0.3, 0.4) is 0 Å². The van der Waals surface area contributed by atoms with Crippen molar-refractivity contribution in [2.75, 3.05) is 0 Å². The van der Waals surface area contributed by atoms with Gasteiger partial charge in [0.15, 0.2) is 0 Å². The van der Waals surface area contributed by atoms with E-state index in [1.807, 2.05) is 0 Å². The number of carboxylic acid groups (broad SMARTS) is 1. The van der Waals surface area contributed by atoms with Crippen LogP contribution in [0.25, 0.3) is 0 Å². The van der Waals surface area contributed by atoms with Gasteiger partial charge in [0.1, 0.15) is 6.10 Å². The molecule has 0 aliphatic carbocycles. The fourth-order valence-electron chi connectivity index (χ4n) is 0.821. The molecule has 0 bridgehead atoms. The molecule has 0 aliphatic rings. The Hall–Kier alpha value is -0.710. The molecule has 0 saturated carbocycles. The summed E-state index contributed by atoms with van der Waals surface area (Å²) in [5.41, 5.74) is 0. The van der Waals surface area contributed by atoms with Crippen molar-refractivity contribution >= 4 is 5.97 Å². The average molecular weight is 196 g/mol. The van der Waals surface area contributed by atoms with Crippen LogP contribution in [0.5, 0.6) is 0 Å². The number of alkyl halides is 2. The van der Waals surface area contributed by atoms with Gasteiger partial charge in [0, 0.05) is 0 Å². The van der Waals surface area contributed by atoms with E-state index in [9.17, 15) is 13.6 Å². The Morgan fingerprint density at radius 3 is 1.92 bits per heavy atom. The van der Waals surface area contributed by atoms with Crippen molar-refractivity contribution in [3.05, 3.63) is 0 Å². The lowest BCUT2D eigenvalue weighted by Crippen LogP contribution is -2.46. The van der Waals surface area contributed by atoms with Gasteiger partial charge >= 0.3 is 11.9 Å². The van der Waals surface area contributed by atoms with Crippen LogP contribution < -0.4 is 0 Å². The molecule has 0 aromatic carbocycles. The first-order chi connectivity index (χ1) is 5.71. The molecule has 0 saturated heterocycles. The lowest BCUT2D eigenvalue weighted by molar-refractivity contribution is -0.189. The summed E-state index contributed by atoms with van der Waals surface area (Å²) in [6, 6.07) is 0. The molecule has 13 heavy (non-hydrogen) atoms. The molecule has 78 valence electrons. The van der Waals surface area contributed by atoms with Gasteiger partial charge in [-0.25, -0.2) is 4.79 Å². The number of aliphatic carboxylic acids is 1. The van der Waals surface area contributed by atoms with Crippen molar-refractivity contribution in [1.29, 1.82) is 0 Å². The second-order valence-electron chi connectivity index (χ2n) is 3.48. The predicted octanol–water partition coefficient (Wildman–Crippen LogP) is 1.36. The molecule has 2 unspecified atom stereocenters. The highest BCUT2D eigenvalue weighted by Gasteiger charge is 2.49. The van der Waals surface area contributed by atoms with Crippen molar-refractivity contribution in [3.8, 4) is 0 Å². The lowest BCUT2D eigenvalue weighted by atomic mass is 9.89. The van der Waals surface area contributed by atoms with Gasteiger partial charge in [-0.1, -0.05) is 20.8 Å². The first-order valence-corrected chi connectivity index (χ1v) is 4.00. The zero-order chi connectivity index (χ0) is 10.8. The largest absolute Gasteiger partial charge is 0.477 e. The van der Waals surface area contributed by atoms with Crippen LogP contribution in [0.1, 0.15) is 20.8 Å². The summed E-state index contributed by atoms with van der Waals surface area (Å²) < 4.78 is 25.4. The fourth-order valence-corrected chi connectivity index (χ4v) is 0.821. The Kier molecular flexibility index (Phi) is 3.78. The highest BCUT2D eigenvalue weighted by molar-refractivity contribution is 5.76. The maximum atomic E-state index is 12.7. The third kappa shape index (κ3) is 2.62. The molecule has 2 atom stereocenters. The molecule has 5 heteroatoms. The first-order valence-electron chi connectivity index (χ1n) is 4.00. The molecule has 0 spiro atoms. The van der Waals surface area contributed by atoms with Gasteiger partial charge in [-0.3, -0.25) is 0 Å². The minimum Gasteiger partial charge on any atom is -0.477 e. The van der Waals surface area contributed by atoms with Crippen LogP contribution in [0.4, 0.5) is 8.78 Å². The third-order valence-corrected chi connectivity index (χ3v) is 2.21. The number of rotatable bonds is 4. The molecule has 3 nitrogen and oxygen atoms in total. The van der Waals surface area contributed by atoms with Crippen LogP contribution in [-0.4, -0.2) is 28.2 Å². The van der Waals surface area contributed by atoms with E-state index in [2.05, 4.69) is 0 Å². The SMILES string of the molecule is CC(C)C(C)C(O)C(F)(F)C(=O)O. The molecular formula is C8H14F2O3. The summed E-state index contributed by atoms with van der Waals surface area (Å²) in [5, 5.41) is 17.2. The summed E-state index contributed by atoms with van der Waals surface area (Å²) in [5.74, 6) is -7.30. The Balaban J connectivity index is 4.58. The predicted molar refractivity (Wildman–Crippen MR) is 42.6 cm³/mol. The van der Waals surface area contributed by atoms with Crippen molar-refractivity contribution in [2.45, 2.75) is 32.8 Å². The van der Waals surface area contributed by atoms with Crippen LogP contribution in [0.15, 0.2) is 0 Å². The number of halogens is 2. The van der Waals surface area contributed by atoms with E-state index in [1.54, 1.807) is 13.8 Å². The van der Waals surface area contributed by atoms with E-state index >= 15 is 0 Å². The minimum absolute atomic E-state index is 0.194. The molecule has 0 aromatic rings. The number of carbonyl (C=O) groups is 1. The van der Waals surface area contributed by atoms with Gasteiger partial charge in [0.2, 0.25) is 0 Å². The molecule has 0 aliphatic heterocycles. The highest BCUT2D eigenvalue weighted by Crippen LogP contribution is 2.28. The fraction of sp³-hybridized carbons (Fsp3) is 0.875. The van der Waals surface area contributed by atoms with Crippen LogP contribution in [0, 0.1) is 11.8 Å². The maximum absolute atomic E-state index is 12.7. The molecule has 0 rings (SSSR count). The number of aliphatic hydroxyl groups is 1. The highest BCUT2D eigenvalue weighted by atomic mass is 19.3. The molecule has 0 fully saturated rings. The zero-order valence-electron chi connectivity index (χ0n) is 7.79. The van der Waals surface area contributed by atoms with E-state index in [0.717, 1.165) is 0 Å². The van der Waals surface area contributed by atoms with E-state index < -0.39 is 23.9 Å². The van der Waals surface area contributed by atoms with E-state index in [-0.39, 0.29) is 5.92 Å². The molecular weight excluding hydrogens is 182 g/mol. The smallest absolute Gasteiger partial charge is 0.377 e. The van der Waals surface area contributed by atoms with E-state index in [1.165, 1.54) is 6.92 Å². The monoisotopic (exact) mass is 196 g/mol. The molecule has 0 heterocycles. The van der Waals surface area contributed by atoms with Gasteiger partial charge in [-0.15, -0.1) is 0 Å². The molecule has 2 N–H and O–H groups in total. The maximum Gasteiger partial charge on any atom is 0.377 e. The molecule has 0 radical (unpaired) electrons. The summed E-state index contributed by atoms with van der Waals surface area (Å²) >= 11 is 0. The second kappa shape index (κ2) is 4.00. The Bertz CT molecular complexity index is 192. The number of hydrogen-bond acceptors (Lipinski definition) is 2. The van der Waals surface area contributed by atoms with Crippen molar-refractivity contribution in [1.82, 2.24) is 0 Å². The van der Waals surface area contributed by atoms with Gasteiger partial charge in [0.25, 0.3) is 0 Å². The normalized spacial score (nSPS) is 17.2. The number of hydrogen-bond donors (Lipinski definition) is 2. The summed E-state index contributed by atoms with van der Waals surface area (Å²) in [4.78, 5) is 10.1. The minimum atomic E-state index is -4.07. The van der Waals surface area contributed by atoms with Crippen LogP contribution >= 0.6 is 0 Å². The van der Waals surface area contributed by atoms with Gasteiger partial charge in [0.05, 0.1) is 0 Å². The second-order valence-corrected chi connectivity index (χ2v) is 3.48. The first kappa shape index (κ1) is 12.3. The number of carboxylic acids is 1. The van der Waals surface area contributed by atoms with Crippen molar-refractivity contribution in [3.63, 3.8) is 0 Å². The zero-order valence-corrected chi connectivity index (χ0v) is 7.79. The van der Waals surface area contributed by atoms with Crippen molar-refractivity contribution < 1.29 is 23.8 Å². The topological polar surface area (TPSA) is 57.5 Å². The molecule has 0 aromatic heterocycles. The standard InChI is InChI=1S/C8H14F2O3/c1-4(2)5(3)6(11)8(9,10)7(12)13/h4-6,11H,1-3H3,(H,12,13). The molecule has 0 amide bonds. The third-order valence-electron chi connectivity index (χ3n) is 2.21. The Morgan fingerprint density at radius 1 is 1.31 bits per heavy atom. The van der Waals surface area contributed by atoms with Gasteiger partial charge in [-0.2, -0.15) is 8.78 Å². The van der Waals surface area contributed by atoms with Gasteiger partial charge in [-0.05, 0) is 11.8 Å².